The topological polar surface area (TPSA) is 37.4 Å². The summed E-state index contributed by atoms with van der Waals surface area (Å²) in [5.74, 6) is 0.996. The Labute approximate surface area is 137 Å². The average Bonchev–Trinajstić information content (AvgIpc) is 2.50. The van der Waals surface area contributed by atoms with Crippen LogP contribution in [0.3, 0.4) is 0 Å². The summed E-state index contributed by atoms with van der Waals surface area (Å²) in [6.07, 6.45) is 5.30. The molecular weight excluding hydrogens is 294 g/mol. The highest BCUT2D eigenvalue weighted by molar-refractivity contribution is 8.00. The monoisotopic (exact) mass is 319 g/mol. The van der Waals surface area contributed by atoms with Crippen LogP contribution in [0.25, 0.3) is 0 Å². The first kappa shape index (κ1) is 17.1. The summed E-state index contributed by atoms with van der Waals surface area (Å²) in [5.41, 5.74) is 0.695. The molecule has 4 heteroatoms. The summed E-state index contributed by atoms with van der Waals surface area (Å²) in [4.78, 5) is 26.4. The van der Waals surface area contributed by atoms with E-state index in [2.05, 4.69) is 6.92 Å². The van der Waals surface area contributed by atoms with E-state index in [0.717, 1.165) is 12.2 Å². The molecular formula is C18H25NO2S. The Hall–Kier alpha value is -1.29. The van der Waals surface area contributed by atoms with E-state index in [0.29, 0.717) is 12.1 Å². The van der Waals surface area contributed by atoms with Gasteiger partial charge in [0, 0.05) is 6.42 Å². The summed E-state index contributed by atoms with van der Waals surface area (Å²) in [7, 11) is 0. The first-order valence-electron chi connectivity index (χ1n) is 8.18. The third-order valence-corrected chi connectivity index (χ3v) is 5.59. The highest BCUT2D eigenvalue weighted by Crippen LogP contribution is 2.32. The number of rotatable bonds is 7. The molecule has 1 aliphatic heterocycles. The molecule has 1 aromatic rings. The lowest BCUT2D eigenvalue weighted by molar-refractivity contribution is -0.130. The maximum absolute atomic E-state index is 12.8. The highest BCUT2D eigenvalue weighted by Gasteiger charge is 2.39. The van der Waals surface area contributed by atoms with E-state index in [9.17, 15) is 9.59 Å². The maximum atomic E-state index is 12.8. The van der Waals surface area contributed by atoms with Gasteiger partial charge in [-0.1, -0.05) is 51.3 Å². The highest BCUT2D eigenvalue weighted by atomic mass is 32.2. The minimum Gasteiger partial charge on any atom is -0.274 e. The van der Waals surface area contributed by atoms with E-state index in [1.54, 1.807) is 11.8 Å². The van der Waals surface area contributed by atoms with Gasteiger partial charge in [0.1, 0.15) is 0 Å². The molecule has 2 atom stereocenters. The Morgan fingerprint density at radius 2 is 1.86 bits per heavy atom. The van der Waals surface area contributed by atoms with E-state index in [-0.39, 0.29) is 23.0 Å². The summed E-state index contributed by atoms with van der Waals surface area (Å²) >= 11 is 1.72. The van der Waals surface area contributed by atoms with Crippen LogP contribution in [0.2, 0.25) is 0 Å². The molecule has 120 valence electrons. The lowest BCUT2D eigenvalue weighted by atomic mass is 9.96. The zero-order valence-electron chi connectivity index (χ0n) is 13.5. The van der Waals surface area contributed by atoms with Gasteiger partial charge in [-0.25, -0.2) is 4.90 Å². The van der Waals surface area contributed by atoms with E-state index >= 15 is 0 Å². The molecule has 0 N–H and O–H groups in total. The molecule has 1 saturated heterocycles. The predicted molar refractivity (Wildman–Crippen MR) is 93.1 cm³/mol. The maximum Gasteiger partial charge on any atom is 0.247 e. The molecule has 1 unspecified atom stereocenters. The molecule has 0 spiro atoms. The van der Waals surface area contributed by atoms with Crippen LogP contribution in [0.1, 0.15) is 46.0 Å². The van der Waals surface area contributed by atoms with Crippen LogP contribution < -0.4 is 4.90 Å². The number of amides is 2. The SMILES string of the molecule is CCCCCCSC1C(=O)N(c2ccccc2)C(=O)C[C@H]1C. The molecule has 1 heterocycles. The number of anilines is 1. The van der Waals surface area contributed by atoms with Crippen molar-refractivity contribution in [3.05, 3.63) is 30.3 Å². The van der Waals surface area contributed by atoms with Crippen LogP contribution in [0, 0.1) is 5.92 Å². The van der Waals surface area contributed by atoms with Crippen molar-refractivity contribution in [2.24, 2.45) is 5.92 Å². The van der Waals surface area contributed by atoms with Crippen LogP contribution in [-0.4, -0.2) is 22.8 Å². The molecule has 0 bridgehead atoms. The number of para-hydroxylation sites is 1. The normalized spacial score (nSPS) is 22.2. The molecule has 0 aromatic heterocycles. The lowest BCUT2D eigenvalue weighted by Crippen LogP contribution is -2.50. The van der Waals surface area contributed by atoms with Gasteiger partial charge in [-0.2, -0.15) is 0 Å². The van der Waals surface area contributed by atoms with E-state index < -0.39 is 0 Å². The fourth-order valence-corrected chi connectivity index (χ4v) is 4.09. The fraction of sp³-hybridized carbons (Fsp3) is 0.556. The zero-order chi connectivity index (χ0) is 15.9. The van der Waals surface area contributed by atoms with Gasteiger partial charge in [0.15, 0.2) is 0 Å². The average molecular weight is 319 g/mol. The Morgan fingerprint density at radius 1 is 1.14 bits per heavy atom. The lowest BCUT2D eigenvalue weighted by Gasteiger charge is -2.34. The van der Waals surface area contributed by atoms with Crippen molar-refractivity contribution in [2.45, 2.75) is 51.2 Å². The molecule has 3 nitrogen and oxygen atoms in total. The second-order valence-electron chi connectivity index (χ2n) is 5.94. The van der Waals surface area contributed by atoms with Crippen LogP contribution in [-0.2, 0) is 9.59 Å². The van der Waals surface area contributed by atoms with E-state index in [4.69, 9.17) is 0 Å². The number of piperidine rings is 1. The van der Waals surface area contributed by atoms with Crippen molar-refractivity contribution in [2.75, 3.05) is 10.7 Å². The van der Waals surface area contributed by atoms with Crippen LogP contribution in [0.5, 0.6) is 0 Å². The van der Waals surface area contributed by atoms with Crippen LogP contribution >= 0.6 is 11.8 Å². The van der Waals surface area contributed by atoms with Gasteiger partial charge in [0.2, 0.25) is 11.8 Å². The largest absolute Gasteiger partial charge is 0.274 e. The molecule has 0 aliphatic carbocycles. The first-order valence-corrected chi connectivity index (χ1v) is 9.23. The van der Waals surface area contributed by atoms with Gasteiger partial charge in [-0.05, 0) is 30.2 Å². The number of benzene rings is 1. The minimum absolute atomic E-state index is 0.0459. The van der Waals surface area contributed by atoms with Gasteiger partial charge >= 0.3 is 0 Å². The van der Waals surface area contributed by atoms with Crippen molar-refractivity contribution >= 4 is 29.3 Å². The van der Waals surface area contributed by atoms with Crippen LogP contribution in [0.4, 0.5) is 5.69 Å². The number of nitrogens with zero attached hydrogens (tertiary/aromatic N) is 1. The smallest absolute Gasteiger partial charge is 0.247 e. The van der Waals surface area contributed by atoms with Gasteiger partial charge in [-0.15, -0.1) is 11.8 Å². The van der Waals surface area contributed by atoms with Gasteiger partial charge in [0.05, 0.1) is 10.9 Å². The number of unbranched alkanes of at least 4 members (excludes halogenated alkanes) is 3. The molecule has 1 aliphatic rings. The number of thioether (sulfide) groups is 1. The summed E-state index contributed by atoms with van der Waals surface area (Å²) in [5, 5.41) is -0.0977. The Kier molecular flexibility index (Phi) is 6.49. The second-order valence-corrected chi connectivity index (χ2v) is 7.19. The molecule has 22 heavy (non-hydrogen) atoms. The van der Waals surface area contributed by atoms with Crippen molar-refractivity contribution < 1.29 is 9.59 Å². The van der Waals surface area contributed by atoms with Gasteiger partial charge in [-0.3, -0.25) is 9.59 Å². The molecule has 0 saturated carbocycles. The number of imide groups is 1. The second kappa shape index (κ2) is 8.37. The third-order valence-electron chi connectivity index (χ3n) is 4.04. The van der Waals surface area contributed by atoms with Crippen molar-refractivity contribution in [3.63, 3.8) is 0 Å². The Morgan fingerprint density at radius 3 is 2.55 bits per heavy atom. The third kappa shape index (κ3) is 4.13. The number of hydrogen-bond acceptors (Lipinski definition) is 3. The van der Waals surface area contributed by atoms with Gasteiger partial charge < -0.3 is 0 Å². The molecule has 2 amide bonds. The standard InChI is InChI=1S/C18H25NO2S/c1-3-4-5-9-12-22-17-14(2)13-16(20)19(18(17)21)15-10-7-6-8-11-15/h6-8,10-11,14,17H,3-5,9,12-13H2,1-2H3/t14-,17?/m1/s1. The summed E-state index contributed by atoms with van der Waals surface area (Å²) < 4.78 is 0. The zero-order valence-corrected chi connectivity index (χ0v) is 14.3. The van der Waals surface area contributed by atoms with Crippen LogP contribution in [0.15, 0.2) is 30.3 Å². The summed E-state index contributed by atoms with van der Waals surface area (Å²) in [6, 6.07) is 9.27. The predicted octanol–water partition coefficient (Wildman–Crippen LogP) is 4.27. The molecule has 0 radical (unpaired) electrons. The number of hydrogen-bond donors (Lipinski definition) is 0. The molecule has 1 aromatic carbocycles. The molecule has 1 fully saturated rings. The quantitative estimate of drug-likeness (QED) is 0.556. The Bertz CT molecular complexity index is 503. The molecule has 2 rings (SSSR count). The van der Waals surface area contributed by atoms with E-state index in [1.165, 1.54) is 24.2 Å². The minimum atomic E-state index is -0.0977. The van der Waals surface area contributed by atoms with Gasteiger partial charge in [0.25, 0.3) is 0 Å². The number of carbonyl (C=O) groups is 2. The first-order chi connectivity index (χ1) is 10.6. The fourth-order valence-electron chi connectivity index (χ4n) is 2.79. The van der Waals surface area contributed by atoms with Crippen molar-refractivity contribution in [1.82, 2.24) is 0 Å². The summed E-state index contributed by atoms with van der Waals surface area (Å²) in [6.45, 7) is 4.21. The van der Waals surface area contributed by atoms with Crippen molar-refractivity contribution in [1.29, 1.82) is 0 Å². The van der Waals surface area contributed by atoms with E-state index in [1.807, 2.05) is 37.3 Å². The Balaban J connectivity index is 2.01. The van der Waals surface area contributed by atoms with Crippen molar-refractivity contribution in [3.8, 4) is 0 Å². The number of carbonyl (C=O) groups excluding carboxylic acids is 2.